The molecule has 2 aliphatic carbocycles. The van der Waals surface area contributed by atoms with Crippen LogP contribution in [0.3, 0.4) is 0 Å². The molecule has 0 N–H and O–H groups in total. The molecule has 0 atom stereocenters. The van der Waals surface area contributed by atoms with Gasteiger partial charge in [-0.3, -0.25) is 0 Å². The van der Waals surface area contributed by atoms with E-state index in [0.29, 0.717) is 0 Å². The zero-order valence-corrected chi connectivity index (χ0v) is 21.9. The molecule has 4 aromatic rings. The largest absolute Gasteiger partial charge is 0.0837 e. The summed E-state index contributed by atoms with van der Waals surface area (Å²) >= 11 is 6.42. The lowest BCUT2D eigenvalue weighted by Crippen LogP contribution is -2.34. The normalized spacial score (nSPS) is 18.9. The van der Waals surface area contributed by atoms with Gasteiger partial charge in [-0.1, -0.05) is 95.6 Å². The van der Waals surface area contributed by atoms with E-state index in [9.17, 15) is 0 Å². The van der Waals surface area contributed by atoms with Crippen molar-refractivity contribution < 1.29 is 0 Å². The van der Waals surface area contributed by atoms with Gasteiger partial charge in [-0.15, -0.1) is 0 Å². The molecule has 0 saturated heterocycles. The van der Waals surface area contributed by atoms with E-state index in [4.69, 9.17) is 11.6 Å². The van der Waals surface area contributed by atoms with E-state index in [2.05, 4.69) is 96.1 Å². The summed E-state index contributed by atoms with van der Waals surface area (Å²) in [7, 11) is 0. The fraction of sp³-hybridized carbons (Fsp3) is 0.333. The quantitative estimate of drug-likeness (QED) is 0.263. The molecule has 0 saturated carbocycles. The number of fused-ring (bicyclic) bond motifs is 5. The molecule has 0 aromatic heterocycles. The van der Waals surface area contributed by atoms with Crippen molar-refractivity contribution in [2.45, 2.75) is 70.6 Å². The summed E-state index contributed by atoms with van der Waals surface area (Å²) in [4.78, 5) is 0. The molecule has 34 heavy (non-hydrogen) atoms. The smallest absolute Gasteiger partial charge is 0.0484 e. The second-order valence-corrected chi connectivity index (χ2v) is 12.7. The molecule has 0 bridgehead atoms. The first-order chi connectivity index (χ1) is 16.0. The van der Waals surface area contributed by atoms with Crippen LogP contribution in [0.15, 0.2) is 66.7 Å². The third kappa shape index (κ3) is 3.04. The SMILES string of the molecule is CC1(C)CCC(C)(C)c2cc3c(cc21)-c1cc(-c2ccc4c(Cl)cccc4c2)ccc1C3(C)C. The molecule has 172 valence electrons. The van der Waals surface area contributed by atoms with Gasteiger partial charge in [0.25, 0.3) is 0 Å². The molecule has 0 heterocycles. The third-order valence-electron chi connectivity index (χ3n) is 8.81. The first-order valence-electron chi connectivity index (χ1n) is 12.5. The molecule has 0 radical (unpaired) electrons. The van der Waals surface area contributed by atoms with E-state index in [-0.39, 0.29) is 16.2 Å². The van der Waals surface area contributed by atoms with Gasteiger partial charge in [0.1, 0.15) is 0 Å². The van der Waals surface area contributed by atoms with Gasteiger partial charge in [0.15, 0.2) is 0 Å². The molecule has 1 heteroatoms. The first kappa shape index (κ1) is 21.9. The van der Waals surface area contributed by atoms with Gasteiger partial charge < -0.3 is 0 Å². The fourth-order valence-corrected chi connectivity index (χ4v) is 6.66. The van der Waals surface area contributed by atoms with Crippen LogP contribution in [0.5, 0.6) is 0 Å². The van der Waals surface area contributed by atoms with E-state index in [0.717, 1.165) is 10.4 Å². The van der Waals surface area contributed by atoms with E-state index in [1.165, 1.54) is 57.2 Å². The predicted molar refractivity (Wildman–Crippen MR) is 147 cm³/mol. The first-order valence-corrected chi connectivity index (χ1v) is 12.9. The van der Waals surface area contributed by atoms with Crippen molar-refractivity contribution in [2.24, 2.45) is 0 Å². The van der Waals surface area contributed by atoms with Gasteiger partial charge in [-0.25, -0.2) is 0 Å². The van der Waals surface area contributed by atoms with Crippen molar-refractivity contribution in [3.63, 3.8) is 0 Å². The Balaban J connectivity index is 1.56. The highest BCUT2D eigenvalue weighted by atomic mass is 35.5. The predicted octanol–water partition coefficient (Wildman–Crippen LogP) is 9.82. The average Bonchev–Trinajstić information content (AvgIpc) is 3.02. The number of hydrogen-bond donors (Lipinski definition) is 0. The van der Waals surface area contributed by atoms with Gasteiger partial charge in [0, 0.05) is 15.8 Å². The molecule has 4 aromatic carbocycles. The van der Waals surface area contributed by atoms with Crippen LogP contribution in [0.4, 0.5) is 0 Å². The van der Waals surface area contributed by atoms with E-state index < -0.39 is 0 Å². The molecular formula is C33H33Cl. The van der Waals surface area contributed by atoms with Crippen LogP contribution < -0.4 is 0 Å². The minimum Gasteiger partial charge on any atom is -0.0837 e. The lowest BCUT2D eigenvalue weighted by atomic mass is 9.62. The highest BCUT2D eigenvalue weighted by molar-refractivity contribution is 6.35. The Hall–Kier alpha value is -2.57. The van der Waals surface area contributed by atoms with Crippen LogP contribution in [0.25, 0.3) is 33.0 Å². The van der Waals surface area contributed by atoms with Gasteiger partial charge in [0.2, 0.25) is 0 Å². The molecule has 0 nitrogen and oxygen atoms in total. The van der Waals surface area contributed by atoms with Crippen molar-refractivity contribution >= 4 is 22.4 Å². The molecule has 0 spiro atoms. The Morgan fingerprint density at radius 3 is 1.94 bits per heavy atom. The monoisotopic (exact) mass is 464 g/mol. The van der Waals surface area contributed by atoms with E-state index in [1.54, 1.807) is 5.56 Å². The maximum Gasteiger partial charge on any atom is 0.0484 e. The van der Waals surface area contributed by atoms with Crippen molar-refractivity contribution in [1.82, 2.24) is 0 Å². The number of rotatable bonds is 1. The van der Waals surface area contributed by atoms with Crippen molar-refractivity contribution in [3.8, 4) is 22.3 Å². The van der Waals surface area contributed by atoms with Gasteiger partial charge >= 0.3 is 0 Å². The lowest BCUT2D eigenvalue weighted by molar-refractivity contribution is 0.331. The second-order valence-electron chi connectivity index (χ2n) is 12.3. The van der Waals surface area contributed by atoms with Crippen molar-refractivity contribution in [3.05, 3.63) is 94.0 Å². The second kappa shape index (κ2) is 6.98. The van der Waals surface area contributed by atoms with Crippen LogP contribution in [0, 0.1) is 0 Å². The van der Waals surface area contributed by atoms with E-state index >= 15 is 0 Å². The van der Waals surface area contributed by atoms with Crippen molar-refractivity contribution in [2.75, 3.05) is 0 Å². The molecule has 0 amide bonds. The standard InChI is InChI=1S/C33H33Cl/c1-31(2)14-15-32(3,4)29-19-27-25(18-28(29)31)24-17-21(11-13-26(24)33(27,5)6)20-10-12-23-22(16-20)8-7-9-30(23)34/h7-13,16-19H,14-15H2,1-6H3. The molecule has 0 fully saturated rings. The molecule has 0 unspecified atom stereocenters. The zero-order chi connectivity index (χ0) is 24.0. The number of hydrogen-bond acceptors (Lipinski definition) is 0. The van der Waals surface area contributed by atoms with Crippen LogP contribution in [0.1, 0.15) is 76.6 Å². The molecule has 2 aliphatic rings. The molecule has 6 rings (SSSR count). The summed E-state index contributed by atoms with van der Waals surface area (Å²) in [6.07, 6.45) is 2.48. The minimum atomic E-state index is 0.00675. The van der Waals surface area contributed by atoms with Gasteiger partial charge in [-0.2, -0.15) is 0 Å². The Kier molecular flexibility index (Phi) is 4.50. The summed E-state index contributed by atoms with van der Waals surface area (Å²) in [6, 6.07) is 24.9. The topological polar surface area (TPSA) is 0 Å². The van der Waals surface area contributed by atoms with Crippen LogP contribution in [-0.2, 0) is 16.2 Å². The maximum absolute atomic E-state index is 6.42. The zero-order valence-electron chi connectivity index (χ0n) is 21.1. The maximum atomic E-state index is 6.42. The van der Waals surface area contributed by atoms with Gasteiger partial charge in [-0.05, 0) is 97.8 Å². The highest BCUT2D eigenvalue weighted by Gasteiger charge is 2.42. The highest BCUT2D eigenvalue weighted by Crippen LogP contribution is 2.55. The molecule has 0 aliphatic heterocycles. The van der Waals surface area contributed by atoms with Crippen LogP contribution >= 0.6 is 11.6 Å². The summed E-state index contributed by atoms with van der Waals surface area (Å²) in [5, 5.41) is 3.10. The van der Waals surface area contributed by atoms with E-state index in [1.807, 2.05) is 12.1 Å². The Labute approximate surface area is 209 Å². The minimum absolute atomic E-state index is 0.00675. The Morgan fingerprint density at radius 1 is 0.588 bits per heavy atom. The van der Waals surface area contributed by atoms with Crippen molar-refractivity contribution in [1.29, 1.82) is 0 Å². The average molecular weight is 465 g/mol. The fourth-order valence-electron chi connectivity index (χ4n) is 6.41. The Morgan fingerprint density at radius 2 is 1.21 bits per heavy atom. The molecular weight excluding hydrogens is 432 g/mol. The summed E-state index contributed by atoms with van der Waals surface area (Å²) in [5.41, 5.74) is 11.8. The summed E-state index contributed by atoms with van der Waals surface area (Å²) < 4.78 is 0. The van der Waals surface area contributed by atoms with Gasteiger partial charge in [0.05, 0.1) is 0 Å². The Bertz CT molecular complexity index is 1480. The number of benzene rings is 4. The third-order valence-corrected chi connectivity index (χ3v) is 9.14. The lowest BCUT2D eigenvalue weighted by Gasteiger charge is -2.42. The number of halogens is 1. The summed E-state index contributed by atoms with van der Waals surface area (Å²) in [5.74, 6) is 0. The van der Waals surface area contributed by atoms with Crippen LogP contribution in [0.2, 0.25) is 5.02 Å². The van der Waals surface area contributed by atoms with Crippen LogP contribution in [-0.4, -0.2) is 0 Å². The summed E-state index contributed by atoms with van der Waals surface area (Å²) in [6.45, 7) is 14.5.